The maximum Gasteiger partial charge on any atom is 0.336 e. The van der Waals surface area contributed by atoms with Crippen LogP contribution in [0.15, 0.2) is 213 Å². The molecule has 0 saturated heterocycles. The van der Waals surface area contributed by atoms with E-state index in [9.17, 15) is 4.79 Å². The van der Waals surface area contributed by atoms with Crippen LogP contribution < -0.4 is 17.2 Å². The van der Waals surface area contributed by atoms with E-state index in [0.717, 1.165) is 32.9 Å². The first kappa shape index (κ1) is 70.0. The highest BCUT2D eigenvalue weighted by Gasteiger charge is 2.45. The maximum absolute atomic E-state index is 10.9. The molecule has 0 aliphatic rings. The monoisotopic (exact) mass is 1040 g/mol. The minimum Gasteiger partial charge on any atom is -0.478 e. The van der Waals surface area contributed by atoms with E-state index in [0.29, 0.717) is 28.4 Å². The van der Waals surface area contributed by atoms with E-state index in [-0.39, 0.29) is 18.0 Å². The van der Waals surface area contributed by atoms with Gasteiger partial charge in [-0.15, -0.1) is 11.6 Å². The number of nitrogen functional groups attached to an aromatic ring is 3. The Morgan fingerprint density at radius 3 is 1.10 bits per heavy atom. The Labute approximate surface area is 503 Å². The second-order valence-corrected chi connectivity index (χ2v) is 16.8. The first-order valence-electron chi connectivity index (χ1n) is 24.0. The first-order valence-corrected chi connectivity index (χ1v) is 24.5. The molecule has 0 amide bonds. The Kier molecular flexibility index (Phi) is 33.6. The number of halogens is 1. The number of aromatic nitrogens is 3. The summed E-state index contributed by atoms with van der Waals surface area (Å²) in [6.45, 7) is 6.59. The zero-order valence-electron chi connectivity index (χ0n) is 44.4. The molecule has 23 radical (unpaired) electrons. The second-order valence-electron chi connectivity index (χ2n) is 16.5. The Morgan fingerprint density at radius 1 is 0.488 bits per heavy atom. The van der Waals surface area contributed by atoms with Crippen LogP contribution in [0.2, 0.25) is 0 Å². The molecule has 9 nitrogen and oxygen atoms in total. The minimum atomic E-state index is -0.990. The summed E-state index contributed by atoms with van der Waals surface area (Å²) in [7, 11) is 64.8. The van der Waals surface area contributed by atoms with E-state index in [1.807, 2.05) is 54.6 Å². The molecule has 6 rings (SSSR count). The molecule has 0 fully saturated rings. The van der Waals surface area contributed by atoms with Crippen LogP contribution in [0.25, 0.3) is 32.7 Å². The van der Waals surface area contributed by atoms with Gasteiger partial charge in [0.2, 0.25) is 0 Å². The smallest absolute Gasteiger partial charge is 0.336 e. The fourth-order valence-corrected chi connectivity index (χ4v) is 7.76. The number of hydrogen-bond acceptors (Lipinski definition) is 8. The average Bonchev–Trinajstić information content (AvgIpc) is 3.64. The number of aliphatic hydroxyl groups is 1. The number of fused-ring (bicyclic) bond motifs is 3. The van der Waals surface area contributed by atoms with Gasteiger partial charge in [-0.25, -0.2) is 19.7 Å². The Balaban J connectivity index is 0.000000355. The lowest BCUT2D eigenvalue weighted by Crippen LogP contribution is -2.81. The highest BCUT2D eigenvalue weighted by Crippen LogP contribution is 2.22. The third kappa shape index (κ3) is 24.7. The first-order chi connectivity index (χ1) is 39.3. The van der Waals surface area contributed by atoms with E-state index in [2.05, 4.69) is 137 Å². The zero-order chi connectivity index (χ0) is 61.0. The molecule has 0 saturated carbocycles. The predicted molar refractivity (Wildman–Crippen MR) is 360 cm³/mol. The summed E-state index contributed by atoms with van der Waals surface area (Å²) in [6, 6.07) is 27.3. The van der Waals surface area contributed by atoms with Crippen LogP contribution in [-0.4, -0.2) is 181 Å². The molecule has 3 heterocycles. The topological polar surface area (TPSA) is 174 Å². The standard InChI is InChI=1S/C21H4.C10H9ClN2.C10H8N2O2.C10H10N2O.B21/c1-3-5-7-9-11-13-15-17-19-21-20-18-16-14-12-10-8-6-4-2;11-6-7-5-10(12)13-9-4-2-1-3-8(7)9;11-9-5-7(10(13)14)6-3-1-2-4-8(6)12-9;11-10-5-7(6-13)8-3-1-2-4-9(8)12-10;1-12-18(13(2)3)21(19(14(4)5)15(6)7)20(16(8)9)17(10)11/h1-2H2;1-5H,6H2,(H2,12,13);1-5H,(H2,11,12)(H,13,14);1-5,13H,6H2,(H2,11,12);. The summed E-state index contributed by atoms with van der Waals surface area (Å²) >= 11 is 5.79. The normalized spacial score (nSPS) is 8.41. The van der Waals surface area contributed by atoms with Crippen molar-refractivity contribution in [2.75, 3.05) is 17.2 Å². The second kappa shape index (κ2) is 39.3. The van der Waals surface area contributed by atoms with Crippen LogP contribution in [0.5, 0.6) is 0 Å². The third-order valence-corrected chi connectivity index (χ3v) is 11.2. The van der Waals surface area contributed by atoms with E-state index in [4.69, 9.17) is 124 Å². The molecular weight excluding hydrogens is 1010 g/mol. The van der Waals surface area contributed by atoms with Gasteiger partial charge in [0.15, 0.2) is 0 Å². The summed E-state index contributed by atoms with van der Waals surface area (Å²) in [5, 5.41) is 20.6. The van der Waals surface area contributed by atoms with Gasteiger partial charge in [-0.05, 0) is 152 Å². The van der Waals surface area contributed by atoms with Crippen molar-refractivity contribution in [1.29, 1.82) is 0 Å². The Bertz CT molecular complexity index is 3750. The van der Waals surface area contributed by atoms with Crippen molar-refractivity contribution >= 4 is 217 Å². The quantitative estimate of drug-likeness (QED) is 0.0685. The molecule has 0 aliphatic heterocycles. The zero-order valence-corrected chi connectivity index (χ0v) is 45.1. The van der Waals surface area contributed by atoms with Crippen molar-refractivity contribution in [3.63, 3.8) is 0 Å². The van der Waals surface area contributed by atoms with Crippen LogP contribution in [0.4, 0.5) is 17.5 Å². The van der Waals surface area contributed by atoms with Crippen LogP contribution in [-0.2, 0) is 12.5 Å². The van der Waals surface area contributed by atoms with Gasteiger partial charge in [0.05, 0.1) is 28.7 Å². The summed E-state index contributed by atoms with van der Waals surface area (Å²) in [4.78, 5) is 23.3. The van der Waals surface area contributed by atoms with E-state index in [1.165, 1.54) is 13.1 Å². The SMILES string of the molecule is C=C=C=C=C=C=C=C=C=C=C=C=C=C=C=C=C=C=C=C=C.Nc1cc(C(=O)O)c2ccccc2n1.Nc1cc(CCl)c2ccccc2n1.Nc1cc(CO)c2ccccc2n1.[B][B]B(B([B])[B])B(B(B([B])[B])B([B])[B])B(B([B])[B])B([B])[B]. The number of carboxylic acid groups (broad SMARTS) is 1. The largest absolute Gasteiger partial charge is 0.478 e. The number of aromatic carboxylic acids is 1. The number of nitrogens with two attached hydrogens (primary N) is 3. The number of pyridine rings is 3. The van der Waals surface area contributed by atoms with Crippen molar-refractivity contribution in [3.05, 3.63) is 230 Å². The number of nitrogens with zero attached hydrogens (tertiary/aromatic N) is 3. The predicted octanol–water partition coefficient (Wildman–Crippen LogP) is 1.13. The lowest BCUT2D eigenvalue weighted by molar-refractivity contribution is 0.0699. The van der Waals surface area contributed by atoms with Gasteiger partial charge in [-0.3, -0.25) is 0 Å². The molecule has 0 atom stereocenters. The minimum absolute atomic E-state index is 0.00671. The number of hydrogen-bond donors (Lipinski definition) is 5. The van der Waals surface area contributed by atoms with Crippen LogP contribution >= 0.6 is 11.6 Å². The molecule has 3 aromatic heterocycles. The van der Waals surface area contributed by atoms with Crippen molar-refractivity contribution < 1.29 is 15.0 Å². The molecular formula is C51H31B21ClN6O3. The van der Waals surface area contributed by atoms with Gasteiger partial charge in [0.25, 0.3) is 0 Å². The number of aliphatic hydroxyl groups excluding tert-OH is 1. The molecule has 8 N–H and O–H groups in total. The Hall–Kier alpha value is -8.07. The summed E-state index contributed by atoms with van der Waals surface area (Å²) in [6.07, 6.45) is -6.78. The van der Waals surface area contributed by atoms with Gasteiger partial charge in [0, 0.05) is 177 Å². The number of alkyl halides is 1. The van der Waals surface area contributed by atoms with Crippen molar-refractivity contribution in [2.24, 2.45) is 0 Å². The highest BCUT2D eigenvalue weighted by atomic mass is 35.5. The number of benzene rings is 3. The lowest BCUT2D eigenvalue weighted by atomic mass is 8.38. The summed E-state index contributed by atoms with van der Waals surface area (Å²) in [5.41, 5.74) is 68.0. The van der Waals surface area contributed by atoms with Gasteiger partial charge in [-0.2, -0.15) is 0 Å². The van der Waals surface area contributed by atoms with Gasteiger partial charge in [0.1, 0.15) is 17.5 Å². The molecule has 0 bridgehead atoms. The van der Waals surface area contributed by atoms with Crippen LogP contribution in [0.1, 0.15) is 21.5 Å². The average molecular weight is 1040 g/mol. The fourth-order valence-electron chi connectivity index (χ4n) is 7.53. The van der Waals surface area contributed by atoms with Gasteiger partial charge >= 0.3 is 5.97 Å². The number of carbonyl (C=O) groups is 1. The van der Waals surface area contributed by atoms with Crippen molar-refractivity contribution in [2.45, 2.75) is 12.5 Å². The molecule has 6 aromatic rings. The Morgan fingerprint density at radius 2 is 0.793 bits per heavy atom. The summed E-state index contributed by atoms with van der Waals surface area (Å²) in [5.74, 6) is 0.668. The van der Waals surface area contributed by atoms with Crippen LogP contribution in [0.3, 0.4) is 0 Å². The molecule has 0 spiro atoms. The third-order valence-electron chi connectivity index (χ3n) is 10.9. The highest BCUT2D eigenvalue weighted by molar-refractivity contribution is 8.20. The van der Waals surface area contributed by atoms with Crippen molar-refractivity contribution in [1.82, 2.24) is 15.0 Å². The number of carboxylic acids is 1. The molecule has 0 unspecified atom stereocenters. The number of anilines is 3. The molecule has 3 aromatic carbocycles. The molecule has 31 heteroatoms. The molecule has 0 aliphatic carbocycles. The number of para-hydroxylation sites is 3. The summed E-state index contributed by atoms with van der Waals surface area (Å²) < 4.78 is 0. The molecule has 82 heavy (non-hydrogen) atoms. The maximum atomic E-state index is 10.9. The van der Waals surface area contributed by atoms with Crippen molar-refractivity contribution in [3.8, 4) is 0 Å². The lowest BCUT2D eigenvalue weighted by Gasteiger charge is -2.43. The van der Waals surface area contributed by atoms with E-state index < -0.39 is 63.4 Å². The van der Waals surface area contributed by atoms with E-state index in [1.54, 1.807) is 30.3 Å². The van der Waals surface area contributed by atoms with Crippen LogP contribution in [0, 0.1) is 0 Å². The fraction of sp³-hybridized carbons (Fsp3) is 0.0392. The van der Waals surface area contributed by atoms with Gasteiger partial charge < -0.3 is 27.4 Å². The molecule has 353 valence electrons. The van der Waals surface area contributed by atoms with Gasteiger partial charge in [-0.1, -0.05) is 66.1 Å². The van der Waals surface area contributed by atoms with E-state index >= 15 is 0 Å². The number of rotatable bonds is 12.